The van der Waals surface area contributed by atoms with Crippen molar-refractivity contribution in [3.63, 3.8) is 0 Å². The van der Waals surface area contributed by atoms with Crippen LogP contribution >= 0.6 is 0 Å². The van der Waals surface area contributed by atoms with Gasteiger partial charge in [0, 0.05) is 38.1 Å². The number of hydrogen-bond donors (Lipinski definition) is 2. The maximum absolute atomic E-state index is 13.8. The number of fused-ring (bicyclic) bond motifs is 1. The number of methoxy groups -OCH3 is 2. The molecule has 1 aromatic carbocycles. The number of amides is 3. The summed E-state index contributed by atoms with van der Waals surface area (Å²) in [6.07, 6.45) is 8.95. The highest BCUT2D eigenvalue weighted by Gasteiger charge is 2.72. The van der Waals surface area contributed by atoms with Crippen molar-refractivity contribution in [1.29, 1.82) is 0 Å². The number of benzene rings is 1. The van der Waals surface area contributed by atoms with Crippen molar-refractivity contribution in [1.82, 2.24) is 10.2 Å². The first-order chi connectivity index (χ1) is 17.5. The zero-order valence-corrected chi connectivity index (χ0v) is 20.9. The van der Waals surface area contributed by atoms with E-state index in [-0.39, 0.29) is 23.8 Å². The highest BCUT2D eigenvalue weighted by Crippen LogP contribution is 2.55. The maximum atomic E-state index is 13.8. The second-order valence-electron chi connectivity index (χ2n) is 10.1. The van der Waals surface area contributed by atoms with Crippen LogP contribution in [0.1, 0.15) is 38.5 Å². The predicted octanol–water partition coefficient (Wildman–Crippen LogP) is 2.27. The standard InChI is InChI=1S/C27H35N3O6/c1-34-15-7-14-30-23(25(32)28-17-8-4-3-5-9-17)27-13-12-20(36-27)21(22(27)26(30)33)24(31)29-18-10-6-11-19(16-18)35-2/h6,10-13,16-17,20-23H,3-5,7-9,14-15H2,1-2H3,(H,28,32)(H,29,31)/t20-,21-,22-,23+,27+/m1/s1. The first-order valence-corrected chi connectivity index (χ1v) is 12.9. The molecule has 3 amide bonds. The van der Waals surface area contributed by atoms with E-state index in [4.69, 9.17) is 14.2 Å². The summed E-state index contributed by atoms with van der Waals surface area (Å²) in [6, 6.07) is 6.37. The number of nitrogens with one attached hydrogen (secondary N) is 2. The Morgan fingerprint density at radius 3 is 2.72 bits per heavy atom. The lowest BCUT2D eigenvalue weighted by Gasteiger charge is -2.34. The van der Waals surface area contributed by atoms with Crippen molar-refractivity contribution in [3.8, 4) is 5.75 Å². The molecule has 1 saturated carbocycles. The molecule has 3 heterocycles. The maximum Gasteiger partial charge on any atom is 0.246 e. The lowest BCUT2D eigenvalue weighted by Crippen LogP contribution is -2.56. The number of rotatable bonds is 9. The molecule has 9 nitrogen and oxygen atoms in total. The van der Waals surface area contributed by atoms with Crippen LogP contribution in [0, 0.1) is 11.8 Å². The van der Waals surface area contributed by atoms with E-state index in [0.717, 1.165) is 25.7 Å². The summed E-state index contributed by atoms with van der Waals surface area (Å²) in [6.45, 7) is 0.831. The molecule has 1 aromatic rings. The van der Waals surface area contributed by atoms with Gasteiger partial charge in [0.2, 0.25) is 17.7 Å². The fourth-order valence-electron chi connectivity index (χ4n) is 6.34. The molecule has 0 unspecified atom stereocenters. The largest absolute Gasteiger partial charge is 0.497 e. The van der Waals surface area contributed by atoms with E-state index in [1.54, 1.807) is 43.4 Å². The first kappa shape index (κ1) is 24.8. The molecule has 2 saturated heterocycles. The summed E-state index contributed by atoms with van der Waals surface area (Å²) in [5.41, 5.74) is -0.571. The molecule has 0 aromatic heterocycles. The molecule has 1 aliphatic carbocycles. The zero-order chi connectivity index (χ0) is 25.3. The van der Waals surface area contributed by atoms with Gasteiger partial charge in [0.15, 0.2) is 0 Å². The number of nitrogens with zero attached hydrogens (tertiary/aromatic N) is 1. The summed E-state index contributed by atoms with van der Waals surface area (Å²) in [5, 5.41) is 6.12. The van der Waals surface area contributed by atoms with Crippen LogP contribution in [0.4, 0.5) is 5.69 Å². The molecule has 36 heavy (non-hydrogen) atoms. The third-order valence-electron chi connectivity index (χ3n) is 7.96. The van der Waals surface area contributed by atoms with Crippen molar-refractivity contribution < 1.29 is 28.6 Å². The minimum atomic E-state index is -1.15. The Morgan fingerprint density at radius 1 is 1.17 bits per heavy atom. The average molecular weight is 498 g/mol. The molecule has 1 spiro atoms. The Labute approximate surface area is 211 Å². The third kappa shape index (κ3) is 4.28. The number of carbonyl (C=O) groups is 3. The number of ether oxygens (including phenoxy) is 3. The summed E-state index contributed by atoms with van der Waals surface area (Å²) in [5.74, 6) is -1.59. The normalized spacial score (nSPS) is 30.9. The number of hydrogen-bond acceptors (Lipinski definition) is 6. The monoisotopic (exact) mass is 497 g/mol. The SMILES string of the molecule is COCCCN1C(=O)[C@H]2[C@H](C(=O)Nc3cccc(OC)c3)[C@H]3C=C[C@@]2(O3)[C@@H]1C(=O)NC1CCCCC1. The summed E-state index contributed by atoms with van der Waals surface area (Å²) in [7, 11) is 3.17. The van der Waals surface area contributed by atoms with Gasteiger partial charge in [-0.15, -0.1) is 0 Å². The van der Waals surface area contributed by atoms with E-state index in [0.29, 0.717) is 31.0 Å². The van der Waals surface area contributed by atoms with Gasteiger partial charge >= 0.3 is 0 Å². The number of carbonyl (C=O) groups excluding carboxylic acids is 3. The number of likely N-dealkylation sites (tertiary alicyclic amines) is 1. The van der Waals surface area contributed by atoms with Gasteiger partial charge in [-0.2, -0.15) is 0 Å². The van der Waals surface area contributed by atoms with E-state index in [1.807, 2.05) is 12.2 Å². The van der Waals surface area contributed by atoms with Crippen LogP contribution in [0.15, 0.2) is 36.4 Å². The van der Waals surface area contributed by atoms with Gasteiger partial charge in [-0.3, -0.25) is 14.4 Å². The van der Waals surface area contributed by atoms with E-state index in [9.17, 15) is 14.4 Å². The second-order valence-corrected chi connectivity index (χ2v) is 10.1. The van der Waals surface area contributed by atoms with E-state index in [1.165, 1.54) is 6.42 Å². The van der Waals surface area contributed by atoms with Crippen LogP contribution in [-0.4, -0.2) is 73.8 Å². The minimum Gasteiger partial charge on any atom is -0.497 e. The lowest BCUT2D eigenvalue weighted by atomic mass is 9.74. The van der Waals surface area contributed by atoms with Crippen molar-refractivity contribution in [2.75, 3.05) is 32.7 Å². The van der Waals surface area contributed by atoms with Gasteiger partial charge in [-0.05, 0) is 31.4 Å². The highest BCUT2D eigenvalue weighted by atomic mass is 16.5. The Morgan fingerprint density at radius 2 is 1.97 bits per heavy atom. The van der Waals surface area contributed by atoms with Crippen LogP contribution in [0.3, 0.4) is 0 Å². The van der Waals surface area contributed by atoms with Gasteiger partial charge < -0.3 is 29.7 Å². The highest BCUT2D eigenvalue weighted by molar-refractivity contribution is 6.02. The number of anilines is 1. The van der Waals surface area contributed by atoms with Gasteiger partial charge in [0.25, 0.3) is 0 Å². The van der Waals surface area contributed by atoms with Gasteiger partial charge in [0.1, 0.15) is 17.4 Å². The van der Waals surface area contributed by atoms with Gasteiger partial charge in [-0.1, -0.05) is 37.5 Å². The molecule has 194 valence electrons. The predicted molar refractivity (Wildman–Crippen MR) is 132 cm³/mol. The quantitative estimate of drug-likeness (QED) is 0.401. The third-order valence-corrected chi connectivity index (χ3v) is 7.96. The second kappa shape index (κ2) is 10.2. The topological polar surface area (TPSA) is 106 Å². The Balaban J connectivity index is 1.41. The molecule has 0 radical (unpaired) electrons. The fourth-order valence-corrected chi connectivity index (χ4v) is 6.34. The molecule has 9 heteroatoms. The van der Waals surface area contributed by atoms with Crippen molar-refractivity contribution in [3.05, 3.63) is 36.4 Å². The lowest BCUT2D eigenvalue weighted by molar-refractivity contribution is -0.141. The molecule has 3 fully saturated rings. The van der Waals surface area contributed by atoms with E-state index < -0.39 is 29.6 Å². The Bertz CT molecular complexity index is 1040. The van der Waals surface area contributed by atoms with Crippen molar-refractivity contribution >= 4 is 23.4 Å². The zero-order valence-electron chi connectivity index (χ0n) is 20.9. The van der Waals surface area contributed by atoms with E-state index >= 15 is 0 Å². The molecule has 5 rings (SSSR count). The van der Waals surface area contributed by atoms with Crippen LogP contribution in [-0.2, 0) is 23.9 Å². The first-order valence-electron chi connectivity index (χ1n) is 12.9. The average Bonchev–Trinajstić information content (AvgIpc) is 3.52. The molecule has 3 aliphatic heterocycles. The molecule has 2 N–H and O–H groups in total. The van der Waals surface area contributed by atoms with Crippen LogP contribution in [0.2, 0.25) is 0 Å². The van der Waals surface area contributed by atoms with Gasteiger partial charge in [0.05, 0.1) is 25.0 Å². The van der Waals surface area contributed by atoms with Crippen LogP contribution in [0.25, 0.3) is 0 Å². The molecule has 2 bridgehead atoms. The minimum absolute atomic E-state index is 0.104. The van der Waals surface area contributed by atoms with Crippen molar-refractivity contribution in [2.45, 2.75) is 62.3 Å². The van der Waals surface area contributed by atoms with Crippen molar-refractivity contribution in [2.24, 2.45) is 11.8 Å². The van der Waals surface area contributed by atoms with Gasteiger partial charge in [-0.25, -0.2) is 0 Å². The van der Waals surface area contributed by atoms with E-state index in [2.05, 4.69) is 10.6 Å². The molecule has 4 aliphatic rings. The van der Waals surface area contributed by atoms with Crippen LogP contribution in [0.5, 0.6) is 5.75 Å². The summed E-state index contributed by atoms with van der Waals surface area (Å²) in [4.78, 5) is 42.6. The Hall–Kier alpha value is -2.91. The fraction of sp³-hybridized carbons (Fsp3) is 0.593. The van der Waals surface area contributed by atoms with Crippen LogP contribution < -0.4 is 15.4 Å². The summed E-state index contributed by atoms with van der Waals surface area (Å²) < 4.78 is 16.8. The molecular formula is C27H35N3O6. The molecular weight excluding hydrogens is 462 g/mol. The summed E-state index contributed by atoms with van der Waals surface area (Å²) >= 11 is 0. The smallest absolute Gasteiger partial charge is 0.246 e. The Kier molecular flexibility index (Phi) is 7.03. The molecule has 5 atom stereocenters.